The van der Waals surface area contributed by atoms with E-state index < -0.39 is 0 Å². The SMILES string of the molecule is CC1CCC(CCC(C)COc2cc(F)cc(C(C)C)c2)CC1. The normalized spacial score (nSPS) is 23.0. The number of rotatable bonds is 7. The van der Waals surface area contributed by atoms with Crippen molar-refractivity contribution < 1.29 is 9.13 Å². The molecule has 0 saturated heterocycles. The molecule has 0 spiro atoms. The fourth-order valence-electron chi connectivity index (χ4n) is 3.46. The summed E-state index contributed by atoms with van der Waals surface area (Å²) in [5, 5.41) is 0. The Hall–Kier alpha value is -1.05. The van der Waals surface area contributed by atoms with Crippen molar-refractivity contribution >= 4 is 0 Å². The van der Waals surface area contributed by atoms with Gasteiger partial charge in [0.25, 0.3) is 0 Å². The van der Waals surface area contributed by atoms with Crippen LogP contribution < -0.4 is 4.74 Å². The molecule has 0 radical (unpaired) electrons. The van der Waals surface area contributed by atoms with Gasteiger partial charge in [0, 0.05) is 6.07 Å². The van der Waals surface area contributed by atoms with Crippen LogP contribution in [0.4, 0.5) is 4.39 Å². The van der Waals surface area contributed by atoms with Crippen molar-refractivity contribution in [2.75, 3.05) is 6.61 Å². The first kappa shape index (κ1) is 18.3. The Morgan fingerprint density at radius 2 is 1.78 bits per heavy atom. The Morgan fingerprint density at radius 1 is 1.09 bits per heavy atom. The second-order valence-electron chi connectivity index (χ2n) is 7.99. The van der Waals surface area contributed by atoms with E-state index in [1.165, 1.54) is 44.6 Å². The molecule has 23 heavy (non-hydrogen) atoms. The first-order valence-electron chi connectivity index (χ1n) is 9.37. The Labute approximate surface area is 141 Å². The Bertz CT molecular complexity index is 475. The third-order valence-corrected chi connectivity index (χ3v) is 5.30. The van der Waals surface area contributed by atoms with Gasteiger partial charge < -0.3 is 4.74 Å². The van der Waals surface area contributed by atoms with Crippen molar-refractivity contribution in [2.24, 2.45) is 17.8 Å². The monoisotopic (exact) mass is 320 g/mol. The Balaban J connectivity index is 1.74. The van der Waals surface area contributed by atoms with E-state index in [4.69, 9.17) is 4.74 Å². The largest absolute Gasteiger partial charge is 0.493 e. The van der Waals surface area contributed by atoms with Gasteiger partial charge in [-0.05, 0) is 47.8 Å². The number of halogens is 1. The maximum absolute atomic E-state index is 13.7. The van der Waals surface area contributed by atoms with Crippen LogP contribution in [0.3, 0.4) is 0 Å². The lowest BCUT2D eigenvalue weighted by Crippen LogP contribution is -2.15. The van der Waals surface area contributed by atoms with Gasteiger partial charge in [0.2, 0.25) is 0 Å². The molecule has 0 aliphatic heterocycles. The molecular formula is C21H33FO. The van der Waals surface area contributed by atoms with Gasteiger partial charge in [-0.1, -0.05) is 59.8 Å². The fraction of sp³-hybridized carbons (Fsp3) is 0.714. The maximum Gasteiger partial charge on any atom is 0.127 e. The van der Waals surface area contributed by atoms with E-state index in [1.807, 2.05) is 6.07 Å². The van der Waals surface area contributed by atoms with Crippen LogP contribution in [-0.2, 0) is 0 Å². The van der Waals surface area contributed by atoms with Crippen molar-refractivity contribution in [3.05, 3.63) is 29.6 Å². The second kappa shape index (κ2) is 8.70. The van der Waals surface area contributed by atoms with E-state index in [9.17, 15) is 4.39 Å². The quantitative estimate of drug-likeness (QED) is 0.552. The smallest absolute Gasteiger partial charge is 0.127 e. The van der Waals surface area contributed by atoms with Crippen molar-refractivity contribution in [3.63, 3.8) is 0 Å². The van der Waals surface area contributed by atoms with Gasteiger partial charge in [0.15, 0.2) is 0 Å². The lowest BCUT2D eigenvalue weighted by atomic mass is 9.80. The molecule has 130 valence electrons. The van der Waals surface area contributed by atoms with Gasteiger partial charge in [-0.2, -0.15) is 0 Å². The topological polar surface area (TPSA) is 9.23 Å². The molecule has 2 rings (SSSR count). The minimum Gasteiger partial charge on any atom is -0.493 e. The average Bonchev–Trinajstić information content (AvgIpc) is 2.52. The van der Waals surface area contributed by atoms with Crippen LogP contribution >= 0.6 is 0 Å². The predicted molar refractivity (Wildman–Crippen MR) is 95.5 cm³/mol. The molecule has 1 saturated carbocycles. The van der Waals surface area contributed by atoms with Crippen LogP contribution in [0, 0.1) is 23.6 Å². The lowest BCUT2D eigenvalue weighted by molar-refractivity contribution is 0.221. The number of hydrogen-bond donors (Lipinski definition) is 0. The zero-order valence-corrected chi connectivity index (χ0v) is 15.3. The minimum absolute atomic E-state index is 0.199. The highest BCUT2D eigenvalue weighted by Crippen LogP contribution is 2.32. The predicted octanol–water partition coefficient (Wildman–Crippen LogP) is 6.57. The number of ether oxygens (including phenoxy) is 1. The van der Waals surface area contributed by atoms with Gasteiger partial charge in [0.05, 0.1) is 6.61 Å². The lowest BCUT2D eigenvalue weighted by Gasteiger charge is -2.27. The van der Waals surface area contributed by atoms with E-state index in [-0.39, 0.29) is 5.82 Å². The molecule has 1 aromatic carbocycles. The molecule has 1 nitrogen and oxygen atoms in total. The molecule has 1 aromatic rings. The molecule has 2 heteroatoms. The summed E-state index contributed by atoms with van der Waals surface area (Å²) in [5.74, 6) is 3.16. The van der Waals surface area contributed by atoms with Gasteiger partial charge in [-0.25, -0.2) is 4.39 Å². The molecular weight excluding hydrogens is 287 g/mol. The van der Waals surface area contributed by atoms with Crippen LogP contribution in [-0.4, -0.2) is 6.61 Å². The average molecular weight is 320 g/mol. The van der Waals surface area contributed by atoms with Crippen molar-refractivity contribution in [3.8, 4) is 5.75 Å². The summed E-state index contributed by atoms with van der Waals surface area (Å²) >= 11 is 0. The first-order valence-corrected chi connectivity index (χ1v) is 9.37. The molecule has 1 aliphatic rings. The summed E-state index contributed by atoms with van der Waals surface area (Å²) in [6.45, 7) is 9.45. The Kier molecular flexibility index (Phi) is 6.92. The molecule has 0 heterocycles. The van der Waals surface area contributed by atoms with Crippen LogP contribution in [0.15, 0.2) is 18.2 Å². The summed E-state index contributed by atoms with van der Waals surface area (Å²) in [4.78, 5) is 0. The van der Waals surface area contributed by atoms with Crippen LogP contribution in [0.1, 0.15) is 77.7 Å². The summed E-state index contributed by atoms with van der Waals surface area (Å²) in [5.41, 5.74) is 1.00. The van der Waals surface area contributed by atoms with Crippen LogP contribution in [0.2, 0.25) is 0 Å². The maximum atomic E-state index is 13.7. The van der Waals surface area contributed by atoms with E-state index in [1.54, 1.807) is 6.07 Å². The third-order valence-electron chi connectivity index (χ3n) is 5.30. The molecule has 0 N–H and O–H groups in total. The molecule has 1 unspecified atom stereocenters. The number of benzene rings is 1. The van der Waals surface area contributed by atoms with Gasteiger partial charge in [0.1, 0.15) is 11.6 Å². The minimum atomic E-state index is -0.199. The van der Waals surface area contributed by atoms with E-state index in [2.05, 4.69) is 27.7 Å². The summed E-state index contributed by atoms with van der Waals surface area (Å²) in [7, 11) is 0. The summed E-state index contributed by atoms with van der Waals surface area (Å²) < 4.78 is 19.5. The van der Waals surface area contributed by atoms with Gasteiger partial charge in [-0.15, -0.1) is 0 Å². The van der Waals surface area contributed by atoms with Crippen molar-refractivity contribution in [1.82, 2.24) is 0 Å². The van der Waals surface area contributed by atoms with Crippen molar-refractivity contribution in [2.45, 2.75) is 72.1 Å². The third kappa shape index (κ3) is 6.16. The molecule has 1 atom stereocenters. The van der Waals surface area contributed by atoms with E-state index in [0.29, 0.717) is 24.2 Å². The van der Waals surface area contributed by atoms with E-state index >= 15 is 0 Å². The number of hydrogen-bond acceptors (Lipinski definition) is 1. The van der Waals surface area contributed by atoms with Crippen LogP contribution in [0.25, 0.3) is 0 Å². The Morgan fingerprint density at radius 3 is 2.43 bits per heavy atom. The highest BCUT2D eigenvalue weighted by molar-refractivity contribution is 5.31. The van der Waals surface area contributed by atoms with Crippen LogP contribution in [0.5, 0.6) is 5.75 Å². The standard InChI is InChI=1S/C21H33FO/c1-15(2)19-11-20(22)13-21(12-19)23-14-17(4)7-10-18-8-5-16(3)6-9-18/h11-13,15-18H,5-10,14H2,1-4H3. The molecule has 0 aromatic heterocycles. The molecule has 0 bridgehead atoms. The van der Waals surface area contributed by atoms with E-state index in [0.717, 1.165) is 17.4 Å². The molecule has 0 amide bonds. The zero-order chi connectivity index (χ0) is 16.8. The first-order chi connectivity index (χ1) is 10.9. The van der Waals surface area contributed by atoms with Gasteiger partial charge in [-0.3, -0.25) is 0 Å². The molecule has 1 aliphatic carbocycles. The molecule has 1 fully saturated rings. The fourth-order valence-corrected chi connectivity index (χ4v) is 3.46. The highest BCUT2D eigenvalue weighted by Gasteiger charge is 2.18. The summed E-state index contributed by atoms with van der Waals surface area (Å²) in [6.07, 6.45) is 8.13. The summed E-state index contributed by atoms with van der Waals surface area (Å²) in [6, 6.07) is 5.08. The second-order valence-corrected chi connectivity index (χ2v) is 7.99. The van der Waals surface area contributed by atoms with Gasteiger partial charge >= 0.3 is 0 Å². The zero-order valence-electron chi connectivity index (χ0n) is 15.3. The van der Waals surface area contributed by atoms with Crippen molar-refractivity contribution in [1.29, 1.82) is 0 Å². The highest BCUT2D eigenvalue weighted by atomic mass is 19.1.